The summed E-state index contributed by atoms with van der Waals surface area (Å²) in [6.45, 7) is 16.2. The topological polar surface area (TPSA) is 38.3 Å². The van der Waals surface area contributed by atoms with Crippen molar-refractivity contribution in [2.75, 3.05) is 5.32 Å². The van der Waals surface area contributed by atoms with E-state index in [1.165, 1.54) is 6.92 Å². The zero-order valence-electron chi connectivity index (χ0n) is 19.8. The van der Waals surface area contributed by atoms with Crippen molar-refractivity contribution < 1.29 is 18.3 Å². The Morgan fingerprint density at radius 1 is 1.09 bits per heavy atom. The SMILES string of the molecule is C=C(C)c1ccc(NC(=O)C(C)C(=C)/C=C\C(=C/C)c2c(OC(C)F)ccc(C)c2F)cc1. The minimum atomic E-state index is -1.59. The summed E-state index contributed by atoms with van der Waals surface area (Å²) >= 11 is 0. The van der Waals surface area contributed by atoms with Gasteiger partial charge in [0.15, 0.2) is 0 Å². The molecule has 0 radical (unpaired) electrons. The summed E-state index contributed by atoms with van der Waals surface area (Å²) in [5.74, 6) is -1.11. The molecular formula is C28H31F2NO2. The van der Waals surface area contributed by atoms with Crippen LogP contribution in [-0.2, 0) is 4.79 Å². The van der Waals surface area contributed by atoms with Gasteiger partial charge < -0.3 is 10.1 Å². The molecule has 0 spiro atoms. The number of amides is 1. The molecule has 2 atom stereocenters. The number of aryl methyl sites for hydroxylation is 1. The summed E-state index contributed by atoms with van der Waals surface area (Å²) in [7, 11) is 0. The lowest BCUT2D eigenvalue weighted by Crippen LogP contribution is -2.21. The standard InChI is InChI=1S/C28H31F2NO2/c1-8-22(26-25(33-21(7)29)16-10-19(5)27(26)30)11-9-18(4)20(6)28(32)31-24-14-12-23(13-15-24)17(2)3/h8-16,20-21H,2,4H2,1,3,5-7H3,(H,31,32)/b11-9-,22-8+. The molecule has 2 aromatic carbocycles. The third-order valence-electron chi connectivity index (χ3n) is 5.26. The molecule has 1 amide bonds. The second-order valence-electron chi connectivity index (χ2n) is 7.95. The van der Waals surface area contributed by atoms with Crippen molar-refractivity contribution in [3.8, 4) is 5.75 Å². The maximum atomic E-state index is 14.9. The third kappa shape index (κ3) is 6.75. The van der Waals surface area contributed by atoms with Crippen LogP contribution in [0.3, 0.4) is 0 Å². The van der Waals surface area contributed by atoms with Crippen molar-refractivity contribution in [3.63, 3.8) is 0 Å². The number of benzene rings is 2. The Hall–Kier alpha value is -3.47. The first kappa shape index (κ1) is 25.8. The zero-order chi connectivity index (χ0) is 24.7. The summed E-state index contributed by atoms with van der Waals surface area (Å²) in [6, 6.07) is 10.5. The molecule has 0 aliphatic carbocycles. The van der Waals surface area contributed by atoms with Gasteiger partial charge in [0.05, 0.1) is 11.5 Å². The van der Waals surface area contributed by atoms with Gasteiger partial charge in [0.1, 0.15) is 11.6 Å². The smallest absolute Gasteiger partial charge is 0.235 e. The van der Waals surface area contributed by atoms with Crippen LogP contribution in [0.25, 0.3) is 11.1 Å². The van der Waals surface area contributed by atoms with Gasteiger partial charge in [-0.3, -0.25) is 4.79 Å². The molecule has 0 saturated heterocycles. The van der Waals surface area contributed by atoms with Crippen molar-refractivity contribution in [3.05, 3.63) is 95.9 Å². The lowest BCUT2D eigenvalue weighted by atomic mass is 9.97. The first-order valence-electron chi connectivity index (χ1n) is 10.7. The van der Waals surface area contributed by atoms with Crippen molar-refractivity contribution in [2.45, 2.75) is 41.0 Å². The van der Waals surface area contributed by atoms with Crippen LogP contribution in [0.2, 0.25) is 0 Å². The lowest BCUT2D eigenvalue weighted by molar-refractivity contribution is -0.118. The molecule has 0 saturated carbocycles. The molecule has 0 aromatic heterocycles. The number of ether oxygens (including phenoxy) is 1. The van der Waals surface area contributed by atoms with Crippen LogP contribution in [0.15, 0.2) is 73.4 Å². The Labute approximate surface area is 195 Å². The fourth-order valence-corrected chi connectivity index (χ4v) is 3.13. The summed E-state index contributed by atoms with van der Waals surface area (Å²) < 4.78 is 33.6. The van der Waals surface area contributed by atoms with Gasteiger partial charge in [0.25, 0.3) is 0 Å². The maximum Gasteiger partial charge on any atom is 0.235 e. The van der Waals surface area contributed by atoms with Crippen LogP contribution in [0, 0.1) is 18.7 Å². The van der Waals surface area contributed by atoms with Gasteiger partial charge in [-0.25, -0.2) is 8.78 Å². The zero-order valence-corrected chi connectivity index (χ0v) is 19.8. The third-order valence-corrected chi connectivity index (χ3v) is 5.26. The van der Waals surface area contributed by atoms with E-state index in [1.807, 2.05) is 31.2 Å². The average molecular weight is 452 g/mol. The van der Waals surface area contributed by atoms with Gasteiger partial charge in [-0.15, -0.1) is 0 Å². The minimum Gasteiger partial charge on any atom is -0.460 e. The van der Waals surface area contributed by atoms with Crippen LogP contribution in [0.4, 0.5) is 14.5 Å². The molecule has 2 rings (SSSR count). The number of alkyl halides is 1. The summed E-state index contributed by atoms with van der Waals surface area (Å²) in [5.41, 5.74) is 4.24. The fourth-order valence-electron chi connectivity index (χ4n) is 3.13. The van der Waals surface area contributed by atoms with Gasteiger partial charge in [-0.1, -0.05) is 55.2 Å². The van der Waals surface area contributed by atoms with E-state index in [1.54, 1.807) is 51.1 Å². The Morgan fingerprint density at radius 3 is 2.27 bits per heavy atom. The monoisotopic (exact) mass is 451 g/mol. The van der Waals surface area contributed by atoms with E-state index >= 15 is 0 Å². The summed E-state index contributed by atoms with van der Waals surface area (Å²) in [4.78, 5) is 12.7. The number of hydrogen-bond acceptors (Lipinski definition) is 2. The Kier molecular flexibility index (Phi) is 8.92. The van der Waals surface area contributed by atoms with Crippen molar-refractivity contribution >= 4 is 22.7 Å². The van der Waals surface area contributed by atoms with Gasteiger partial charge in [0, 0.05) is 12.6 Å². The molecule has 2 unspecified atom stereocenters. The van der Waals surface area contributed by atoms with Crippen LogP contribution in [0.5, 0.6) is 5.75 Å². The van der Waals surface area contributed by atoms with Gasteiger partial charge in [0.2, 0.25) is 12.3 Å². The molecule has 0 bridgehead atoms. The number of rotatable bonds is 9. The van der Waals surface area contributed by atoms with E-state index in [0.717, 1.165) is 11.1 Å². The number of allylic oxidation sites excluding steroid dienone is 5. The average Bonchev–Trinajstić information content (AvgIpc) is 2.77. The second kappa shape index (κ2) is 11.4. The van der Waals surface area contributed by atoms with E-state index in [2.05, 4.69) is 18.5 Å². The van der Waals surface area contributed by atoms with Crippen LogP contribution < -0.4 is 10.1 Å². The van der Waals surface area contributed by atoms with E-state index in [9.17, 15) is 13.6 Å². The number of halogens is 2. The Morgan fingerprint density at radius 2 is 1.73 bits per heavy atom. The van der Waals surface area contributed by atoms with E-state index in [0.29, 0.717) is 22.4 Å². The Bertz CT molecular complexity index is 1100. The highest BCUT2D eigenvalue weighted by atomic mass is 19.1. The number of nitrogens with one attached hydrogen (secondary N) is 1. The quantitative estimate of drug-likeness (QED) is 0.398. The highest BCUT2D eigenvalue weighted by Crippen LogP contribution is 2.33. The van der Waals surface area contributed by atoms with Crippen LogP contribution in [-0.4, -0.2) is 12.3 Å². The minimum absolute atomic E-state index is 0.112. The fraction of sp³-hybridized carbons (Fsp3) is 0.250. The van der Waals surface area contributed by atoms with Crippen molar-refractivity contribution in [1.82, 2.24) is 0 Å². The van der Waals surface area contributed by atoms with E-state index in [-0.39, 0.29) is 17.2 Å². The van der Waals surface area contributed by atoms with Gasteiger partial charge in [-0.2, -0.15) is 0 Å². The maximum absolute atomic E-state index is 14.9. The summed E-state index contributed by atoms with van der Waals surface area (Å²) in [5, 5.41) is 2.87. The second-order valence-corrected chi connectivity index (χ2v) is 7.95. The van der Waals surface area contributed by atoms with E-state index < -0.39 is 18.1 Å². The van der Waals surface area contributed by atoms with Crippen molar-refractivity contribution in [1.29, 1.82) is 0 Å². The molecule has 2 aromatic rings. The number of carbonyl (C=O) groups is 1. The number of anilines is 1. The first-order chi connectivity index (χ1) is 15.5. The molecule has 0 aliphatic heterocycles. The van der Waals surface area contributed by atoms with Crippen LogP contribution >= 0.6 is 0 Å². The molecule has 33 heavy (non-hydrogen) atoms. The van der Waals surface area contributed by atoms with Crippen LogP contribution in [0.1, 0.15) is 44.4 Å². The predicted molar refractivity (Wildman–Crippen MR) is 133 cm³/mol. The van der Waals surface area contributed by atoms with Gasteiger partial charge >= 0.3 is 0 Å². The van der Waals surface area contributed by atoms with Crippen molar-refractivity contribution in [2.24, 2.45) is 5.92 Å². The first-order valence-corrected chi connectivity index (χ1v) is 10.7. The molecule has 174 valence electrons. The Balaban J connectivity index is 2.18. The lowest BCUT2D eigenvalue weighted by Gasteiger charge is -2.16. The molecule has 5 heteroatoms. The number of hydrogen-bond donors (Lipinski definition) is 1. The molecule has 3 nitrogen and oxygen atoms in total. The predicted octanol–water partition coefficient (Wildman–Crippen LogP) is 7.65. The summed E-state index contributed by atoms with van der Waals surface area (Å²) in [6.07, 6.45) is 3.43. The highest BCUT2D eigenvalue weighted by Gasteiger charge is 2.18. The van der Waals surface area contributed by atoms with E-state index in [4.69, 9.17) is 4.74 Å². The molecule has 0 aliphatic rings. The molecule has 0 fully saturated rings. The number of carbonyl (C=O) groups excluding carboxylic acids is 1. The molecular weight excluding hydrogens is 420 g/mol. The molecule has 0 heterocycles. The highest BCUT2D eigenvalue weighted by molar-refractivity contribution is 5.94. The normalized spacial score (nSPS) is 13.5. The van der Waals surface area contributed by atoms with Gasteiger partial charge in [-0.05, 0) is 68.2 Å². The largest absolute Gasteiger partial charge is 0.460 e. The molecule has 1 N–H and O–H groups in total.